The van der Waals surface area contributed by atoms with Crippen molar-refractivity contribution in [2.75, 3.05) is 18.1 Å². The molecule has 1 aromatic heterocycles. The maximum atomic E-state index is 12.0. The first kappa shape index (κ1) is 12.8. The van der Waals surface area contributed by atoms with Crippen molar-refractivity contribution in [3.8, 4) is 11.4 Å². The molecule has 2 N–H and O–H groups in total. The summed E-state index contributed by atoms with van der Waals surface area (Å²) in [6, 6.07) is 7.59. The summed E-state index contributed by atoms with van der Waals surface area (Å²) in [7, 11) is 0. The van der Waals surface area contributed by atoms with Gasteiger partial charge in [0.05, 0.1) is 0 Å². The van der Waals surface area contributed by atoms with Crippen molar-refractivity contribution in [1.29, 1.82) is 0 Å². The fraction of sp³-hybridized carbons (Fsp3) is 0.357. The zero-order chi connectivity index (χ0) is 14.1. The lowest BCUT2D eigenvalue weighted by Crippen LogP contribution is -2.24. The van der Waals surface area contributed by atoms with Gasteiger partial charge in [0.25, 0.3) is 0 Å². The molecule has 3 rings (SSSR count). The fourth-order valence-electron chi connectivity index (χ4n) is 2.44. The zero-order valence-corrected chi connectivity index (χ0v) is 11.2. The number of carbonyl (C=O) groups is 1. The van der Waals surface area contributed by atoms with Crippen molar-refractivity contribution in [1.82, 2.24) is 15.2 Å². The minimum atomic E-state index is 0.0249. The molecule has 0 aliphatic carbocycles. The van der Waals surface area contributed by atoms with Crippen molar-refractivity contribution in [2.45, 2.75) is 13.3 Å². The van der Waals surface area contributed by atoms with Gasteiger partial charge in [0, 0.05) is 36.7 Å². The number of aliphatic hydroxyl groups is 1. The molecular formula is C14H16N4O2. The average Bonchev–Trinajstić information content (AvgIpc) is 3.05. The number of hydrogen-bond donors (Lipinski definition) is 2. The van der Waals surface area contributed by atoms with Gasteiger partial charge in [0.2, 0.25) is 5.91 Å². The first-order chi connectivity index (χ1) is 9.67. The van der Waals surface area contributed by atoms with Crippen LogP contribution in [0.1, 0.15) is 12.2 Å². The molecule has 1 atom stereocenters. The highest BCUT2D eigenvalue weighted by molar-refractivity contribution is 5.96. The van der Waals surface area contributed by atoms with E-state index in [-0.39, 0.29) is 18.4 Å². The van der Waals surface area contributed by atoms with Gasteiger partial charge >= 0.3 is 0 Å². The first-order valence-electron chi connectivity index (χ1n) is 6.58. The normalized spacial score (nSPS) is 18.8. The number of rotatable bonds is 3. The van der Waals surface area contributed by atoms with Gasteiger partial charge in [-0.15, -0.1) is 0 Å². The largest absolute Gasteiger partial charge is 0.396 e. The maximum absolute atomic E-state index is 12.0. The van der Waals surface area contributed by atoms with Crippen LogP contribution in [0.4, 0.5) is 5.69 Å². The van der Waals surface area contributed by atoms with Crippen LogP contribution in [0.15, 0.2) is 24.3 Å². The zero-order valence-electron chi connectivity index (χ0n) is 11.2. The Hall–Kier alpha value is -2.21. The van der Waals surface area contributed by atoms with Crippen LogP contribution < -0.4 is 4.90 Å². The molecule has 6 nitrogen and oxygen atoms in total. The van der Waals surface area contributed by atoms with Gasteiger partial charge in [-0.05, 0) is 19.1 Å². The van der Waals surface area contributed by atoms with Gasteiger partial charge in [-0.1, -0.05) is 12.1 Å². The number of aliphatic hydroxyl groups excluding tert-OH is 1. The Bertz CT molecular complexity index is 638. The standard InChI is InChI=1S/C14H16N4O2/c1-9-15-14(17-16-9)11-3-2-4-12(6-11)18-7-10(8-19)5-13(18)20/h2-4,6,10,19H,5,7-8H2,1H3,(H,15,16,17). The molecule has 2 heterocycles. The molecule has 104 valence electrons. The predicted molar refractivity (Wildman–Crippen MR) is 74.1 cm³/mol. The van der Waals surface area contributed by atoms with E-state index in [1.54, 1.807) is 4.90 Å². The highest BCUT2D eigenvalue weighted by Crippen LogP contribution is 2.27. The van der Waals surface area contributed by atoms with E-state index in [0.29, 0.717) is 18.8 Å². The molecule has 1 saturated heterocycles. The second-order valence-corrected chi connectivity index (χ2v) is 5.05. The number of nitrogens with one attached hydrogen (secondary N) is 1. The highest BCUT2D eigenvalue weighted by atomic mass is 16.3. The summed E-state index contributed by atoms with van der Waals surface area (Å²) in [5.41, 5.74) is 1.69. The number of nitrogens with zero attached hydrogens (tertiary/aromatic N) is 3. The molecule has 1 amide bonds. The summed E-state index contributed by atoms with van der Waals surface area (Å²) in [5.74, 6) is 1.45. The lowest BCUT2D eigenvalue weighted by molar-refractivity contribution is -0.117. The third-order valence-corrected chi connectivity index (χ3v) is 3.48. The van der Waals surface area contributed by atoms with Crippen LogP contribution in [-0.2, 0) is 4.79 Å². The quantitative estimate of drug-likeness (QED) is 0.877. The number of aromatic nitrogens is 3. The van der Waals surface area contributed by atoms with Crippen LogP contribution >= 0.6 is 0 Å². The van der Waals surface area contributed by atoms with Gasteiger partial charge in [-0.2, -0.15) is 5.10 Å². The van der Waals surface area contributed by atoms with Crippen LogP contribution in [0.5, 0.6) is 0 Å². The Labute approximate surface area is 116 Å². The number of aromatic amines is 1. The van der Waals surface area contributed by atoms with Crippen LogP contribution in [0.25, 0.3) is 11.4 Å². The molecule has 0 bridgehead atoms. The Morgan fingerprint density at radius 1 is 1.50 bits per heavy atom. The van der Waals surface area contributed by atoms with Gasteiger partial charge in [-0.25, -0.2) is 4.98 Å². The second-order valence-electron chi connectivity index (χ2n) is 5.05. The predicted octanol–water partition coefficient (Wildman–Crippen LogP) is 1.13. The number of anilines is 1. The lowest BCUT2D eigenvalue weighted by atomic mass is 10.1. The topological polar surface area (TPSA) is 82.1 Å². The monoisotopic (exact) mass is 272 g/mol. The second kappa shape index (κ2) is 5.05. The summed E-state index contributed by atoms with van der Waals surface area (Å²) < 4.78 is 0. The molecule has 20 heavy (non-hydrogen) atoms. The van der Waals surface area contributed by atoms with Gasteiger partial charge in [0.1, 0.15) is 5.82 Å². The Morgan fingerprint density at radius 2 is 2.35 bits per heavy atom. The van der Waals surface area contributed by atoms with E-state index in [1.807, 2.05) is 31.2 Å². The van der Waals surface area contributed by atoms with Crippen molar-refractivity contribution >= 4 is 11.6 Å². The number of amides is 1. The van der Waals surface area contributed by atoms with E-state index in [0.717, 1.165) is 17.1 Å². The summed E-state index contributed by atoms with van der Waals surface area (Å²) in [6.45, 7) is 2.45. The average molecular weight is 272 g/mol. The number of H-pyrrole nitrogens is 1. The molecule has 1 aliphatic heterocycles. The van der Waals surface area contributed by atoms with E-state index in [4.69, 9.17) is 0 Å². The lowest BCUT2D eigenvalue weighted by Gasteiger charge is -2.17. The summed E-state index contributed by atoms with van der Waals surface area (Å²) in [5, 5.41) is 16.1. The van der Waals surface area contributed by atoms with Crippen molar-refractivity contribution < 1.29 is 9.90 Å². The van der Waals surface area contributed by atoms with Crippen LogP contribution in [0.2, 0.25) is 0 Å². The number of hydrogen-bond acceptors (Lipinski definition) is 4. The Kier molecular flexibility index (Phi) is 3.23. The van der Waals surface area contributed by atoms with Crippen molar-refractivity contribution in [3.63, 3.8) is 0 Å². The summed E-state index contributed by atoms with van der Waals surface area (Å²) >= 11 is 0. The van der Waals surface area contributed by atoms with E-state index in [2.05, 4.69) is 15.2 Å². The van der Waals surface area contributed by atoms with Crippen LogP contribution in [0, 0.1) is 12.8 Å². The van der Waals surface area contributed by atoms with Crippen LogP contribution in [0.3, 0.4) is 0 Å². The third-order valence-electron chi connectivity index (χ3n) is 3.48. The van der Waals surface area contributed by atoms with E-state index in [9.17, 15) is 9.90 Å². The van der Waals surface area contributed by atoms with Gasteiger partial charge in [0.15, 0.2) is 5.82 Å². The molecule has 1 unspecified atom stereocenters. The van der Waals surface area contributed by atoms with Crippen molar-refractivity contribution in [3.05, 3.63) is 30.1 Å². The Morgan fingerprint density at radius 3 is 3.00 bits per heavy atom. The van der Waals surface area contributed by atoms with E-state index >= 15 is 0 Å². The molecule has 1 aromatic carbocycles. The summed E-state index contributed by atoms with van der Waals surface area (Å²) in [6.07, 6.45) is 0.403. The van der Waals surface area contributed by atoms with Crippen LogP contribution in [-0.4, -0.2) is 39.3 Å². The smallest absolute Gasteiger partial charge is 0.227 e. The molecule has 1 fully saturated rings. The number of carbonyl (C=O) groups excluding carboxylic acids is 1. The SMILES string of the molecule is Cc1nc(-c2cccc(N3CC(CO)CC3=O)c2)n[nH]1. The number of aryl methyl sites for hydroxylation is 1. The minimum Gasteiger partial charge on any atom is -0.396 e. The third kappa shape index (κ3) is 2.30. The molecule has 0 spiro atoms. The summed E-state index contributed by atoms with van der Waals surface area (Å²) in [4.78, 5) is 18.0. The molecule has 1 aliphatic rings. The van der Waals surface area contributed by atoms with E-state index < -0.39 is 0 Å². The molecule has 2 aromatic rings. The minimum absolute atomic E-state index is 0.0249. The molecule has 0 radical (unpaired) electrons. The number of benzene rings is 1. The van der Waals surface area contributed by atoms with E-state index in [1.165, 1.54) is 0 Å². The molecule has 6 heteroatoms. The maximum Gasteiger partial charge on any atom is 0.227 e. The Balaban J connectivity index is 1.90. The fourth-order valence-corrected chi connectivity index (χ4v) is 2.44. The molecule has 0 saturated carbocycles. The molecular weight excluding hydrogens is 256 g/mol. The highest BCUT2D eigenvalue weighted by Gasteiger charge is 2.30. The van der Waals surface area contributed by atoms with Gasteiger partial charge < -0.3 is 10.0 Å². The first-order valence-corrected chi connectivity index (χ1v) is 6.58. The van der Waals surface area contributed by atoms with Crippen molar-refractivity contribution in [2.24, 2.45) is 5.92 Å². The van der Waals surface area contributed by atoms with Gasteiger partial charge in [-0.3, -0.25) is 9.89 Å².